The molecule has 2 N–H and O–H groups in total. The molecule has 2 aromatic carbocycles. The topological polar surface area (TPSA) is 83.5 Å². The van der Waals surface area contributed by atoms with Crippen LogP contribution in [0.15, 0.2) is 42.5 Å². The summed E-state index contributed by atoms with van der Waals surface area (Å²) in [7, 11) is 0. The molecule has 0 radical (unpaired) electrons. The van der Waals surface area contributed by atoms with Crippen LogP contribution in [-0.2, 0) is 11.3 Å². The van der Waals surface area contributed by atoms with Crippen LogP contribution in [0, 0.1) is 0 Å². The molecule has 2 aliphatic heterocycles. The van der Waals surface area contributed by atoms with Crippen molar-refractivity contribution in [2.45, 2.75) is 19.6 Å². The zero-order chi connectivity index (χ0) is 21.6. The number of benzene rings is 2. The van der Waals surface area contributed by atoms with Gasteiger partial charge in [-0.25, -0.2) is 0 Å². The highest BCUT2D eigenvalue weighted by Crippen LogP contribution is 2.32. The second-order valence-electron chi connectivity index (χ2n) is 7.91. The molecule has 4 rings (SSSR count). The SMILES string of the molecule is CC(=O)Nc1ccccc1OCC(O)CN1CCN(Cc2ccc3c(c2)OCO3)CC1. The van der Waals surface area contributed by atoms with Gasteiger partial charge in [-0.05, 0) is 29.8 Å². The predicted octanol–water partition coefficient (Wildman–Crippen LogP) is 1.93. The summed E-state index contributed by atoms with van der Waals surface area (Å²) in [5, 5.41) is 13.2. The molecular weight excluding hydrogens is 398 g/mol. The number of hydrogen-bond acceptors (Lipinski definition) is 7. The number of piperazine rings is 1. The summed E-state index contributed by atoms with van der Waals surface area (Å²) < 4.78 is 16.6. The summed E-state index contributed by atoms with van der Waals surface area (Å²) in [6, 6.07) is 13.3. The number of β-amino-alcohol motifs (C(OH)–C–C–N with tert-alkyl or cyclic N) is 1. The number of carbonyl (C=O) groups excluding carboxylic acids is 1. The first-order chi connectivity index (χ1) is 15.1. The van der Waals surface area contributed by atoms with Crippen LogP contribution in [0.5, 0.6) is 17.2 Å². The minimum atomic E-state index is -0.606. The van der Waals surface area contributed by atoms with Crippen molar-refractivity contribution in [1.29, 1.82) is 0 Å². The van der Waals surface area contributed by atoms with Crippen molar-refractivity contribution < 1.29 is 24.1 Å². The Morgan fingerprint density at radius 1 is 1.10 bits per heavy atom. The van der Waals surface area contributed by atoms with Crippen molar-refractivity contribution in [1.82, 2.24) is 9.80 Å². The lowest BCUT2D eigenvalue weighted by Gasteiger charge is -2.35. The van der Waals surface area contributed by atoms with Crippen LogP contribution in [0.2, 0.25) is 0 Å². The number of hydrogen-bond donors (Lipinski definition) is 2. The third-order valence-electron chi connectivity index (χ3n) is 5.41. The monoisotopic (exact) mass is 427 g/mol. The molecule has 2 aromatic rings. The second kappa shape index (κ2) is 10.00. The van der Waals surface area contributed by atoms with Crippen LogP contribution in [0.4, 0.5) is 5.69 Å². The molecule has 1 unspecified atom stereocenters. The van der Waals surface area contributed by atoms with Crippen LogP contribution >= 0.6 is 0 Å². The normalized spacial score (nSPS) is 17.4. The maximum atomic E-state index is 11.3. The number of fused-ring (bicyclic) bond motifs is 1. The molecule has 0 bridgehead atoms. The average Bonchev–Trinajstić information content (AvgIpc) is 3.22. The number of anilines is 1. The van der Waals surface area contributed by atoms with Crippen molar-refractivity contribution in [3.63, 3.8) is 0 Å². The number of nitrogens with zero attached hydrogens (tertiary/aromatic N) is 2. The number of aliphatic hydroxyl groups is 1. The van der Waals surface area contributed by atoms with E-state index >= 15 is 0 Å². The van der Waals surface area contributed by atoms with E-state index in [2.05, 4.69) is 27.2 Å². The van der Waals surface area contributed by atoms with Crippen LogP contribution < -0.4 is 19.5 Å². The van der Waals surface area contributed by atoms with E-state index in [9.17, 15) is 9.90 Å². The molecular formula is C23H29N3O5. The van der Waals surface area contributed by atoms with E-state index in [0.717, 1.165) is 44.2 Å². The Bertz CT molecular complexity index is 899. The van der Waals surface area contributed by atoms with E-state index in [1.54, 1.807) is 12.1 Å². The van der Waals surface area contributed by atoms with Gasteiger partial charge < -0.3 is 24.6 Å². The molecule has 1 amide bonds. The van der Waals surface area contributed by atoms with Gasteiger partial charge in [-0.15, -0.1) is 0 Å². The van der Waals surface area contributed by atoms with Gasteiger partial charge in [0.05, 0.1) is 5.69 Å². The van der Waals surface area contributed by atoms with E-state index in [1.165, 1.54) is 12.5 Å². The summed E-state index contributed by atoms with van der Waals surface area (Å²) >= 11 is 0. The summed E-state index contributed by atoms with van der Waals surface area (Å²) in [5.41, 5.74) is 1.82. The lowest BCUT2D eigenvalue weighted by molar-refractivity contribution is -0.114. The number of nitrogens with one attached hydrogen (secondary N) is 1. The number of rotatable bonds is 8. The Morgan fingerprint density at radius 2 is 1.84 bits per heavy atom. The molecule has 1 saturated heterocycles. The number of ether oxygens (including phenoxy) is 3. The third-order valence-corrected chi connectivity index (χ3v) is 5.41. The Hall–Kier alpha value is -2.81. The van der Waals surface area contributed by atoms with E-state index in [1.807, 2.05) is 18.2 Å². The zero-order valence-electron chi connectivity index (χ0n) is 17.8. The molecule has 1 fully saturated rings. The Labute approximate surface area is 182 Å². The molecule has 8 nitrogen and oxygen atoms in total. The molecule has 0 spiro atoms. The van der Waals surface area contributed by atoms with E-state index in [4.69, 9.17) is 14.2 Å². The molecule has 0 aromatic heterocycles. The quantitative estimate of drug-likeness (QED) is 0.666. The number of para-hydroxylation sites is 2. The average molecular weight is 428 g/mol. The fourth-order valence-electron chi connectivity index (χ4n) is 3.85. The molecule has 1 atom stereocenters. The minimum absolute atomic E-state index is 0.157. The van der Waals surface area contributed by atoms with Gasteiger partial charge in [0.2, 0.25) is 12.7 Å². The van der Waals surface area contributed by atoms with Crippen molar-refractivity contribution in [2.24, 2.45) is 0 Å². The highest BCUT2D eigenvalue weighted by Gasteiger charge is 2.21. The molecule has 8 heteroatoms. The van der Waals surface area contributed by atoms with Gasteiger partial charge in [-0.2, -0.15) is 0 Å². The second-order valence-corrected chi connectivity index (χ2v) is 7.91. The Morgan fingerprint density at radius 3 is 2.65 bits per heavy atom. The fraction of sp³-hybridized carbons (Fsp3) is 0.435. The largest absolute Gasteiger partial charge is 0.489 e. The number of aliphatic hydroxyl groups excluding tert-OH is 1. The molecule has 0 aliphatic carbocycles. The first-order valence-electron chi connectivity index (χ1n) is 10.6. The van der Waals surface area contributed by atoms with Crippen LogP contribution in [0.3, 0.4) is 0 Å². The van der Waals surface area contributed by atoms with Crippen molar-refractivity contribution in [3.8, 4) is 17.2 Å². The van der Waals surface area contributed by atoms with E-state index < -0.39 is 6.10 Å². The van der Waals surface area contributed by atoms with Gasteiger partial charge in [-0.1, -0.05) is 18.2 Å². The first kappa shape index (κ1) is 21.4. The van der Waals surface area contributed by atoms with Crippen molar-refractivity contribution >= 4 is 11.6 Å². The number of carbonyl (C=O) groups is 1. The molecule has 2 aliphatic rings. The molecule has 2 heterocycles. The standard InChI is InChI=1S/C23H29N3O5/c1-17(27)24-20-4-2-3-5-21(20)29-15-19(28)14-26-10-8-25(9-11-26)13-18-6-7-22-23(12-18)31-16-30-22/h2-7,12,19,28H,8-11,13-16H2,1H3,(H,24,27). The Balaban J connectivity index is 1.20. The van der Waals surface area contributed by atoms with Crippen molar-refractivity contribution in [3.05, 3.63) is 48.0 Å². The van der Waals surface area contributed by atoms with E-state index in [0.29, 0.717) is 24.8 Å². The van der Waals surface area contributed by atoms with Gasteiger partial charge in [0, 0.05) is 46.2 Å². The van der Waals surface area contributed by atoms with Gasteiger partial charge in [0.15, 0.2) is 11.5 Å². The third kappa shape index (κ3) is 5.88. The first-order valence-corrected chi connectivity index (χ1v) is 10.6. The van der Waals surface area contributed by atoms with Crippen molar-refractivity contribution in [2.75, 3.05) is 51.4 Å². The minimum Gasteiger partial charge on any atom is -0.489 e. The lowest BCUT2D eigenvalue weighted by Crippen LogP contribution is -2.48. The van der Waals surface area contributed by atoms with Gasteiger partial charge >= 0.3 is 0 Å². The van der Waals surface area contributed by atoms with E-state index in [-0.39, 0.29) is 12.5 Å². The smallest absolute Gasteiger partial charge is 0.231 e. The Kier molecular flexibility index (Phi) is 6.91. The van der Waals surface area contributed by atoms with Gasteiger partial charge in [0.25, 0.3) is 0 Å². The predicted molar refractivity (Wildman–Crippen MR) is 117 cm³/mol. The molecule has 31 heavy (non-hydrogen) atoms. The summed E-state index contributed by atoms with van der Waals surface area (Å²) in [5.74, 6) is 2.03. The molecule has 166 valence electrons. The summed E-state index contributed by atoms with van der Waals surface area (Å²) in [4.78, 5) is 16.0. The fourth-order valence-corrected chi connectivity index (χ4v) is 3.85. The zero-order valence-corrected chi connectivity index (χ0v) is 17.8. The molecule has 0 saturated carbocycles. The maximum Gasteiger partial charge on any atom is 0.231 e. The van der Waals surface area contributed by atoms with Crippen LogP contribution in [0.1, 0.15) is 12.5 Å². The van der Waals surface area contributed by atoms with Gasteiger partial charge in [0.1, 0.15) is 18.5 Å². The van der Waals surface area contributed by atoms with Gasteiger partial charge in [-0.3, -0.25) is 14.6 Å². The van der Waals surface area contributed by atoms with Crippen LogP contribution in [0.25, 0.3) is 0 Å². The van der Waals surface area contributed by atoms with Crippen LogP contribution in [-0.4, -0.2) is 73.0 Å². The maximum absolute atomic E-state index is 11.3. The highest BCUT2D eigenvalue weighted by molar-refractivity contribution is 5.90. The summed E-state index contributed by atoms with van der Waals surface area (Å²) in [6.07, 6.45) is -0.606. The highest BCUT2D eigenvalue weighted by atomic mass is 16.7. The lowest BCUT2D eigenvalue weighted by atomic mass is 10.1. The number of amides is 1. The summed E-state index contributed by atoms with van der Waals surface area (Å²) in [6.45, 7) is 7.01.